The number of hydrogen-bond acceptors (Lipinski definition) is 4. The molecule has 1 fully saturated rings. The predicted molar refractivity (Wildman–Crippen MR) is 101 cm³/mol. The molecule has 7 nitrogen and oxygen atoms in total. The normalized spacial score (nSPS) is 17.7. The Bertz CT molecular complexity index is 679. The number of nitrogens with zero attached hydrogens (tertiary/aromatic N) is 2. The fourth-order valence-corrected chi connectivity index (χ4v) is 2.96. The molecule has 2 rings (SSSR count). The molecule has 1 aliphatic rings. The van der Waals surface area contributed by atoms with E-state index in [2.05, 4.69) is 10.2 Å². The number of nitrogens with one attached hydrogen (secondary N) is 1. The van der Waals surface area contributed by atoms with Gasteiger partial charge in [0.25, 0.3) is 0 Å². The lowest BCUT2D eigenvalue weighted by Gasteiger charge is -2.24. The van der Waals surface area contributed by atoms with Gasteiger partial charge in [0.15, 0.2) is 0 Å². The molecule has 1 N–H and O–H groups in total. The molecule has 1 aromatic carbocycles. The molecule has 0 saturated carbocycles. The van der Waals surface area contributed by atoms with E-state index in [4.69, 9.17) is 16.0 Å². The Hall–Kier alpha value is -2.75. The minimum Gasteiger partial charge on any atom is -0.445 e. The molecular weight excluding hydrogens is 346 g/mol. The maximum absolute atomic E-state index is 12.3. The summed E-state index contributed by atoms with van der Waals surface area (Å²) >= 11 is 0. The van der Waals surface area contributed by atoms with E-state index in [0.29, 0.717) is 19.5 Å². The summed E-state index contributed by atoms with van der Waals surface area (Å²) < 4.78 is 10.6. The molecule has 0 radical (unpaired) electrons. The van der Waals surface area contributed by atoms with Crippen molar-refractivity contribution >= 4 is 12.2 Å². The van der Waals surface area contributed by atoms with Crippen LogP contribution in [-0.2, 0) is 16.1 Å². The highest BCUT2D eigenvalue weighted by Crippen LogP contribution is 2.22. The Kier molecular flexibility index (Phi) is 7.05. The third kappa shape index (κ3) is 6.81. The second kappa shape index (κ2) is 9.26. The molecule has 1 saturated heterocycles. The van der Waals surface area contributed by atoms with E-state index >= 15 is 0 Å². The van der Waals surface area contributed by atoms with Crippen molar-refractivity contribution in [2.45, 2.75) is 45.4 Å². The van der Waals surface area contributed by atoms with Crippen LogP contribution in [0.2, 0.25) is 0 Å². The quantitative estimate of drug-likeness (QED) is 0.803. The van der Waals surface area contributed by atoms with Crippen molar-refractivity contribution in [1.82, 2.24) is 10.2 Å². The second-order valence-electron chi connectivity index (χ2n) is 7.63. The number of carbonyl (C=O) groups is 2. The summed E-state index contributed by atoms with van der Waals surface area (Å²) in [5.74, 6) is -0.00380. The standard InChI is InChI=1S/C20H27N3O4/c1-20(2,3)27-18(24)22-17(12-21-4)16-10-11-23(13-16)19(25)26-14-15-8-6-5-7-9-15/h5-9,16-17H,10-14H2,1-3H3,(H,22,24). The van der Waals surface area contributed by atoms with E-state index in [9.17, 15) is 9.59 Å². The summed E-state index contributed by atoms with van der Waals surface area (Å²) in [5.41, 5.74) is 0.328. The third-order valence-corrected chi connectivity index (χ3v) is 4.25. The number of ether oxygens (including phenoxy) is 2. The Labute approximate surface area is 160 Å². The molecule has 1 heterocycles. The Balaban J connectivity index is 1.86. The molecule has 0 bridgehead atoms. The second-order valence-corrected chi connectivity index (χ2v) is 7.63. The lowest BCUT2D eigenvalue weighted by atomic mass is 9.99. The number of carbonyl (C=O) groups excluding carboxylic acids is 2. The number of hydrogen-bond donors (Lipinski definition) is 1. The van der Waals surface area contributed by atoms with Gasteiger partial charge in [0, 0.05) is 19.0 Å². The van der Waals surface area contributed by atoms with Gasteiger partial charge in [-0.3, -0.25) is 0 Å². The molecule has 2 amide bonds. The maximum Gasteiger partial charge on any atom is 0.410 e. The Morgan fingerprint density at radius 1 is 1.33 bits per heavy atom. The zero-order chi connectivity index (χ0) is 19.9. The van der Waals surface area contributed by atoms with Crippen LogP contribution < -0.4 is 5.32 Å². The van der Waals surface area contributed by atoms with Gasteiger partial charge in [0.05, 0.1) is 0 Å². The van der Waals surface area contributed by atoms with Crippen molar-refractivity contribution < 1.29 is 19.1 Å². The zero-order valence-electron chi connectivity index (χ0n) is 16.1. The minimum atomic E-state index is -0.601. The van der Waals surface area contributed by atoms with Crippen LogP contribution in [0.4, 0.5) is 9.59 Å². The van der Waals surface area contributed by atoms with Crippen molar-refractivity contribution in [1.29, 1.82) is 0 Å². The van der Waals surface area contributed by atoms with Crippen molar-refractivity contribution in [3.8, 4) is 0 Å². The largest absolute Gasteiger partial charge is 0.445 e. The number of rotatable bonds is 5. The molecule has 2 atom stereocenters. The highest BCUT2D eigenvalue weighted by Gasteiger charge is 2.35. The molecule has 146 valence electrons. The first-order valence-electron chi connectivity index (χ1n) is 9.07. The summed E-state index contributed by atoms with van der Waals surface area (Å²) in [6, 6.07) is 9.14. The number of amides is 2. The smallest absolute Gasteiger partial charge is 0.410 e. The molecule has 2 unspecified atom stereocenters. The van der Waals surface area contributed by atoms with Crippen LogP contribution in [-0.4, -0.2) is 48.4 Å². The summed E-state index contributed by atoms with van der Waals surface area (Å²) in [5, 5.41) is 2.78. The van der Waals surface area contributed by atoms with E-state index in [0.717, 1.165) is 5.56 Å². The van der Waals surface area contributed by atoms with E-state index in [1.54, 1.807) is 25.7 Å². The number of alkyl carbamates (subject to hydrolysis) is 1. The number of likely N-dealkylation sites (tertiary alicyclic amines) is 1. The van der Waals surface area contributed by atoms with Crippen LogP contribution in [0.25, 0.3) is 4.85 Å². The van der Waals surface area contributed by atoms with Crippen LogP contribution in [0.15, 0.2) is 30.3 Å². The maximum atomic E-state index is 12.3. The molecule has 1 aliphatic heterocycles. The first kappa shape index (κ1) is 20.6. The Morgan fingerprint density at radius 3 is 2.67 bits per heavy atom. The molecule has 7 heteroatoms. The highest BCUT2D eigenvalue weighted by atomic mass is 16.6. The van der Waals surface area contributed by atoms with Crippen molar-refractivity contribution in [2.24, 2.45) is 5.92 Å². The van der Waals surface area contributed by atoms with Crippen LogP contribution >= 0.6 is 0 Å². The van der Waals surface area contributed by atoms with Gasteiger partial charge in [-0.1, -0.05) is 30.3 Å². The van der Waals surface area contributed by atoms with E-state index in [1.807, 2.05) is 30.3 Å². The topological polar surface area (TPSA) is 72.2 Å². The number of benzene rings is 1. The minimum absolute atomic E-state index is 0.00380. The van der Waals surface area contributed by atoms with Gasteiger partial charge < -0.3 is 24.5 Å². The van der Waals surface area contributed by atoms with Gasteiger partial charge in [-0.2, -0.15) is 0 Å². The van der Waals surface area contributed by atoms with Gasteiger partial charge in [-0.15, -0.1) is 0 Å². The van der Waals surface area contributed by atoms with Crippen LogP contribution in [0.3, 0.4) is 0 Å². The van der Waals surface area contributed by atoms with Crippen LogP contribution in [0.5, 0.6) is 0 Å². The fourth-order valence-electron chi connectivity index (χ4n) is 2.96. The SMILES string of the molecule is [C-]#[N+]CC(NC(=O)OC(C)(C)C)C1CCN(C(=O)OCc2ccccc2)C1. The highest BCUT2D eigenvalue weighted by molar-refractivity contribution is 5.69. The Morgan fingerprint density at radius 2 is 2.04 bits per heavy atom. The predicted octanol–water partition coefficient (Wildman–Crippen LogP) is 3.46. The summed E-state index contributed by atoms with van der Waals surface area (Å²) in [6.07, 6.45) is -0.211. The summed E-state index contributed by atoms with van der Waals surface area (Å²) in [7, 11) is 0. The molecule has 0 aromatic heterocycles. The van der Waals surface area contributed by atoms with Crippen LogP contribution in [0.1, 0.15) is 32.8 Å². The molecule has 0 aliphatic carbocycles. The zero-order valence-corrected chi connectivity index (χ0v) is 16.1. The monoisotopic (exact) mass is 373 g/mol. The van der Waals surface area contributed by atoms with Crippen molar-refractivity contribution in [3.63, 3.8) is 0 Å². The van der Waals surface area contributed by atoms with Gasteiger partial charge in [-0.05, 0) is 32.8 Å². The lowest BCUT2D eigenvalue weighted by Crippen LogP contribution is -2.45. The average Bonchev–Trinajstić information content (AvgIpc) is 3.09. The molecular formula is C20H27N3O4. The third-order valence-electron chi connectivity index (χ3n) is 4.25. The van der Waals surface area contributed by atoms with Crippen molar-refractivity contribution in [3.05, 3.63) is 47.3 Å². The first-order valence-corrected chi connectivity index (χ1v) is 9.07. The fraction of sp³-hybridized carbons (Fsp3) is 0.550. The van der Waals surface area contributed by atoms with Gasteiger partial charge >= 0.3 is 12.2 Å². The summed E-state index contributed by atoms with van der Waals surface area (Å²) in [4.78, 5) is 29.4. The van der Waals surface area contributed by atoms with Gasteiger partial charge in [0.2, 0.25) is 6.54 Å². The summed E-state index contributed by atoms with van der Waals surface area (Å²) in [6.45, 7) is 13.9. The first-order chi connectivity index (χ1) is 12.8. The molecule has 0 spiro atoms. The van der Waals surface area contributed by atoms with Gasteiger partial charge in [-0.25, -0.2) is 16.2 Å². The van der Waals surface area contributed by atoms with Gasteiger partial charge in [0.1, 0.15) is 18.2 Å². The van der Waals surface area contributed by atoms with Crippen LogP contribution in [0, 0.1) is 12.5 Å². The van der Waals surface area contributed by atoms with Crippen molar-refractivity contribution in [2.75, 3.05) is 19.6 Å². The van der Waals surface area contributed by atoms with E-state index < -0.39 is 11.7 Å². The molecule has 27 heavy (non-hydrogen) atoms. The average molecular weight is 373 g/mol. The van der Waals surface area contributed by atoms with E-state index in [1.165, 1.54) is 0 Å². The lowest BCUT2D eigenvalue weighted by molar-refractivity contribution is 0.0491. The van der Waals surface area contributed by atoms with E-state index in [-0.39, 0.29) is 31.2 Å². The molecule has 1 aromatic rings.